The summed E-state index contributed by atoms with van der Waals surface area (Å²) in [4.78, 5) is 36.6. The van der Waals surface area contributed by atoms with Crippen molar-refractivity contribution in [2.75, 3.05) is 10.6 Å². The SMILES string of the molecule is Cc1ccc(NC(=O)/C(C#N)=C\c2ccc(CNC(=O)C(=O)Nc3ccc(Cl)c(Cl)c3)o2)cc1C. The molecule has 3 amide bonds. The average Bonchev–Trinajstić information content (AvgIpc) is 3.28. The Balaban J connectivity index is 1.58. The van der Waals surface area contributed by atoms with E-state index in [2.05, 4.69) is 16.0 Å². The molecule has 1 heterocycles. The van der Waals surface area contributed by atoms with E-state index in [0.717, 1.165) is 11.1 Å². The lowest BCUT2D eigenvalue weighted by atomic mass is 10.1. The van der Waals surface area contributed by atoms with Crippen LogP contribution >= 0.6 is 23.2 Å². The molecule has 0 aliphatic rings. The van der Waals surface area contributed by atoms with Gasteiger partial charge in [0.15, 0.2) is 0 Å². The minimum absolute atomic E-state index is 0.0851. The number of hydrogen-bond acceptors (Lipinski definition) is 5. The highest BCUT2D eigenvalue weighted by Gasteiger charge is 2.15. The standard InChI is InChI=1S/C25H20Cl2N4O4/c1-14-3-4-17(9-15(14)2)30-23(32)16(12-28)10-19-6-7-20(35-19)13-29-24(33)25(34)31-18-5-8-21(26)22(27)11-18/h3-11H,13H2,1-2H3,(H,29,33)(H,30,32)(H,31,34)/b16-10-. The lowest BCUT2D eigenvalue weighted by Gasteiger charge is -2.07. The lowest BCUT2D eigenvalue weighted by molar-refractivity contribution is -0.136. The predicted octanol–water partition coefficient (Wildman–Crippen LogP) is 5.00. The maximum atomic E-state index is 12.5. The molecule has 0 aliphatic carbocycles. The van der Waals surface area contributed by atoms with Crippen molar-refractivity contribution >= 4 is 58.4 Å². The zero-order valence-electron chi connectivity index (χ0n) is 18.7. The summed E-state index contributed by atoms with van der Waals surface area (Å²) in [5.41, 5.74) is 2.82. The molecular formula is C25H20Cl2N4O4. The number of benzene rings is 2. The molecule has 0 unspecified atom stereocenters. The van der Waals surface area contributed by atoms with Gasteiger partial charge in [0.05, 0.1) is 16.6 Å². The number of furan rings is 1. The van der Waals surface area contributed by atoms with Gasteiger partial charge in [-0.1, -0.05) is 29.3 Å². The number of anilines is 2. The normalized spacial score (nSPS) is 10.9. The van der Waals surface area contributed by atoms with Crippen LogP contribution in [0.1, 0.15) is 22.6 Å². The Morgan fingerprint density at radius 3 is 2.26 bits per heavy atom. The first kappa shape index (κ1) is 25.6. The van der Waals surface area contributed by atoms with Gasteiger partial charge in [-0.2, -0.15) is 5.26 Å². The summed E-state index contributed by atoms with van der Waals surface area (Å²) in [5.74, 6) is -1.82. The summed E-state index contributed by atoms with van der Waals surface area (Å²) in [5, 5.41) is 17.5. The molecule has 3 rings (SSSR count). The number of rotatable bonds is 6. The number of carbonyl (C=O) groups is 3. The quantitative estimate of drug-likeness (QED) is 0.244. The molecule has 0 fully saturated rings. The van der Waals surface area contributed by atoms with Crippen molar-refractivity contribution in [2.45, 2.75) is 20.4 Å². The van der Waals surface area contributed by atoms with Gasteiger partial charge in [-0.25, -0.2) is 0 Å². The topological polar surface area (TPSA) is 124 Å². The Morgan fingerprint density at radius 2 is 1.57 bits per heavy atom. The molecule has 8 nitrogen and oxygen atoms in total. The fraction of sp³-hybridized carbons (Fsp3) is 0.120. The summed E-state index contributed by atoms with van der Waals surface area (Å²) in [7, 11) is 0. The van der Waals surface area contributed by atoms with Crippen molar-refractivity contribution < 1.29 is 18.8 Å². The second-order valence-electron chi connectivity index (χ2n) is 7.49. The summed E-state index contributed by atoms with van der Waals surface area (Å²) in [6, 6.07) is 14.8. The van der Waals surface area contributed by atoms with Crippen LogP contribution in [0.4, 0.5) is 11.4 Å². The van der Waals surface area contributed by atoms with Crippen molar-refractivity contribution in [3.05, 3.63) is 86.8 Å². The van der Waals surface area contributed by atoms with Gasteiger partial charge in [-0.3, -0.25) is 14.4 Å². The molecule has 0 atom stereocenters. The molecule has 3 N–H and O–H groups in total. The molecule has 0 saturated carbocycles. The van der Waals surface area contributed by atoms with Gasteiger partial charge in [0.25, 0.3) is 5.91 Å². The van der Waals surface area contributed by atoms with Gasteiger partial charge in [0.1, 0.15) is 23.2 Å². The molecule has 0 radical (unpaired) electrons. The van der Waals surface area contributed by atoms with Crippen LogP contribution in [0.15, 0.2) is 58.5 Å². The maximum absolute atomic E-state index is 12.5. The third-order valence-corrected chi connectivity index (χ3v) is 5.64. The predicted molar refractivity (Wildman–Crippen MR) is 134 cm³/mol. The van der Waals surface area contributed by atoms with E-state index in [1.165, 1.54) is 30.3 Å². The van der Waals surface area contributed by atoms with Crippen molar-refractivity contribution in [1.82, 2.24) is 5.32 Å². The van der Waals surface area contributed by atoms with Crippen molar-refractivity contribution in [3.63, 3.8) is 0 Å². The second kappa shape index (κ2) is 11.4. The lowest BCUT2D eigenvalue weighted by Crippen LogP contribution is -2.34. The molecule has 0 spiro atoms. The van der Waals surface area contributed by atoms with E-state index >= 15 is 0 Å². The van der Waals surface area contributed by atoms with Crippen LogP contribution in [0.3, 0.4) is 0 Å². The molecule has 2 aromatic carbocycles. The first-order valence-electron chi connectivity index (χ1n) is 10.3. The minimum atomic E-state index is -0.898. The highest BCUT2D eigenvalue weighted by Crippen LogP contribution is 2.25. The number of halogens is 2. The Hall–Kier alpha value is -4.06. The van der Waals surface area contributed by atoms with Crippen LogP contribution in [0.25, 0.3) is 6.08 Å². The van der Waals surface area contributed by atoms with Crippen molar-refractivity contribution in [3.8, 4) is 6.07 Å². The molecule has 0 saturated heterocycles. The summed E-state index contributed by atoms with van der Waals surface area (Å²) in [6.07, 6.45) is 1.29. The number of carbonyl (C=O) groups excluding carboxylic acids is 3. The highest BCUT2D eigenvalue weighted by atomic mass is 35.5. The molecule has 178 valence electrons. The van der Waals surface area contributed by atoms with E-state index in [0.29, 0.717) is 22.2 Å². The van der Waals surface area contributed by atoms with Crippen LogP contribution in [0.5, 0.6) is 0 Å². The Bertz CT molecular complexity index is 1370. The largest absolute Gasteiger partial charge is 0.460 e. The number of hydrogen-bond donors (Lipinski definition) is 3. The van der Waals surface area contributed by atoms with E-state index in [-0.39, 0.29) is 22.9 Å². The molecule has 35 heavy (non-hydrogen) atoms. The van der Waals surface area contributed by atoms with Gasteiger partial charge >= 0.3 is 11.8 Å². The molecule has 1 aromatic heterocycles. The number of nitrogens with zero attached hydrogens (tertiary/aromatic N) is 1. The Kier molecular flexibility index (Phi) is 8.31. The van der Waals surface area contributed by atoms with Gasteiger partial charge in [0.2, 0.25) is 0 Å². The van der Waals surface area contributed by atoms with Gasteiger partial charge in [-0.15, -0.1) is 0 Å². The molecule has 0 bridgehead atoms. The smallest absolute Gasteiger partial charge is 0.313 e. The third-order valence-electron chi connectivity index (χ3n) is 4.91. The molecule has 3 aromatic rings. The van der Waals surface area contributed by atoms with Gasteiger partial charge in [0, 0.05) is 17.5 Å². The van der Waals surface area contributed by atoms with E-state index in [1.54, 1.807) is 12.1 Å². The number of amides is 3. The Morgan fingerprint density at radius 1 is 0.886 bits per heavy atom. The first-order valence-corrected chi connectivity index (χ1v) is 11.0. The van der Waals surface area contributed by atoms with Crippen molar-refractivity contribution in [1.29, 1.82) is 5.26 Å². The van der Waals surface area contributed by atoms with E-state index in [4.69, 9.17) is 27.6 Å². The summed E-state index contributed by atoms with van der Waals surface area (Å²) >= 11 is 11.7. The van der Waals surface area contributed by atoms with Gasteiger partial charge < -0.3 is 20.4 Å². The first-order chi connectivity index (χ1) is 16.7. The van der Waals surface area contributed by atoms with E-state index in [9.17, 15) is 19.6 Å². The fourth-order valence-corrected chi connectivity index (χ4v) is 3.18. The fourth-order valence-electron chi connectivity index (χ4n) is 2.88. The van der Waals surface area contributed by atoms with Crippen LogP contribution in [0, 0.1) is 25.2 Å². The molecular weight excluding hydrogens is 491 g/mol. The average molecular weight is 511 g/mol. The molecule has 0 aliphatic heterocycles. The number of nitrogens with one attached hydrogen (secondary N) is 3. The van der Waals surface area contributed by atoms with Crippen molar-refractivity contribution in [2.24, 2.45) is 0 Å². The highest BCUT2D eigenvalue weighted by molar-refractivity contribution is 6.43. The number of aryl methyl sites for hydroxylation is 2. The van der Waals surface area contributed by atoms with Crippen LogP contribution in [0.2, 0.25) is 10.0 Å². The summed E-state index contributed by atoms with van der Waals surface area (Å²) in [6.45, 7) is 3.80. The second-order valence-corrected chi connectivity index (χ2v) is 8.31. The maximum Gasteiger partial charge on any atom is 0.313 e. The van der Waals surface area contributed by atoms with Gasteiger partial charge in [-0.05, 0) is 67.4 Å². The summed E-state index contributed by atoms with van der Waals surface area (Å²) < 4.78 is 5.54. The monoisotopic (exact) mass is 510 g/mol. The number of nitriles is 1. The van der Waals surface area contributed by atoms with E-state index in [1.807, 2.05) is 32.0 Å². The molecule has 10 heteroatoms. The van der Waals surface area contributed by atoms with E-state index < -0.39 is 17.7 Å². The Labute approximate surface area is 211 Å². The zero-order valence-corrected chi connectivity index (χ0v) is 20.3. The van der Waals surface area contributed by atoms with Crippen LogP contribution < -0.4 is 16.0 Å². The van der Waals surface area contributed by atoms with Crippen LogP contribution in [-0.2, 0) is 20.9 Å². The zero-order chi connectivity index (χ0) is 25.5. The third kappa shape index (κ3) is 6.96. The minimum Gasteiger partial charge on any atom is -0.460 e. The van der Waals surface area contributed by atoms with Crippen LogP contribution in [-0.4, -0.2) is 17.7 Å².